The molecular formula is C23H26N6. The van der Waals surface area contributed by atoms with E-state index in [1.807, 2.05) is 12.1 Å². The summed E-state index contributed by atoms with van der Waals surface area (Å²) >= 11 is 0. The van der Waals surface area contributed by atoms with Crippen LogP contribution in [0.4, 0.5) is 0 Å². The van der Waals surface area contributed by atoms with Crippen LogP contribution in [0.5, 0.6) is 0 Å². The minimum Gasteiger partial charge on any atom is -0.303 e. The van der Waals surface area contributed by atoms with E-state index in [0.717, 1.165) is 40.0 Å². The fourth-order valence-corrected chi connectivity index (χ4v) is 4.29. The number of aromatic nitrogens is 5. The Bertz CT molecular complexity index is 1080. The van der Waals surface area contributed by atoms with Gasteiger partial charge in [-0.1, -0.05) is 24.6 Å². The Morgan fingerprint density at radius 1 is 0.931 bits per heavy atom. The van der Waals surface area contributed by atoms with Gasteiger partial charge in [0.25, 0.3) is 0 Å². The van der Waals surface area contributed by atoms with E-state index in [0.29, 0.717) is 0 Å². The number of piperidine rings is 1. The Kier molecular flexibility index (Phi) is 5.09. The van der Waals surface area contributed by atoms with Gasteiger partial charge in [0.2, 0.25) is 0 Å². The predicted molar refractivity (Wildman–Crippen MR) is 116 cm³/mol. The first kappa shape index (κ1) is 18.1. The summed E-state index contributed by atoms with van der Waals surface area (Å²) in [5, 5.41) is 15.8. The van der Waals surface area contributed by atoms with Crippen LogP contribution in [0.15, 0.2) is 48.8 Å². The van der Waals surface area contributed by atoms with E-state index >= 15 is 0 Å². The molecular weight excluding hydrogens is 360 g/mol. The van der Waals surface area contributed by atoms with Crippen molar-refractivity contribution >= 4 is 10.9 Å². The molecule has 1 aliphatic rings. The molecule has 0 radical (unpaired) electrons. The topological polar surface area (TPSA) is 73.5 Å². The van der Waals surface area contributed by atoms with Crippen LogP contribution in [0, 0.1) is 0 Å². The minimum absolute atomic E-state index is 0.769. The zero-order valence-corrected chi connectivity index (χ0v) is 16.6. The first-order valence-corrected chi connectivity index (χ1v) is 10.5. The molecule has 6 nitrogen and oxygen atoms in total. The van der Waals surface area contributed by atoms with E-state index in [-0.39, 0.29) is 0 Å². The number of aromatic amines is 2. The van der Waals surface area contributed by atoms with Crippen LogP contribution in [0.25, 0.3) is 33.5 Å². The summed E-state index contributed by atoms with van der Waals surface area (Å²) in [6, 6.07) is 15.0. The van der Waals surface area contributed by atoms with Crippen LogP contribution in [0.3, 0.4) is 0 Å². The highest BCUT2D eigenvalue weighted by atomic mass is 15.2. The third-order valence-electron chi connectivity index (χ3n) is 5.84. The number of nitrogens with zero attached hydrogens (tertiary/aromatic N) is 4. The lowest BCUT2D eigenvalue weighted by atomic mass is 10.0. The van der Waals surface area contributed by atoms with Crippen molar-refractivity contribution in [3.05, 3.63) is 54.4 Å². The molecule has 0 aliphatic carbocycles. The van der Waals surface area contributed by atoms with Gasteiger partial charge in [-0.3, -0.25) is 10.2 Å². The second-order valence-electron chi connectivity index (χ2n) is 7.87. The van der Waals surface area contributed by atoms with E-state index in [1.165, 1.54) is 57.2 Å². The molecule has 4 aromatic rings. The normalized spacial score (nSPS) is 15.2. The third-order valence-corrected chi connectivity index (χ3v) is 5.84. The molecule has 0 atom stereocenters. The Labute approximate surface area is 170 Å². The van der Waals surface area contributed by atoms with Gasteiger partial charge in [0.05, 0.1) is 11.2 Å². The Hall–Kier alpha value is -2.99. The molecule has 2 aromatic heterocycles. The molecule has 0 bridgehead atoms. The number of hydrogen-bond donors (Lipinski definition) is 2. The second kappa shape index (κ2) is 8.17. The quantitative estimate of drug-likeness (QED) is 0.514. The van der Waals surface area contributed by atoms with Gasteiger partial charge in [0, 0.05) is 16.5 Å². The second-order valence-corrected chi connectivity index (χ2v) is 7.87. The number of fused-ring (bicyclic) bond motifs is 1. The van der Waals surface area contributed by atoms with Crippen molar-refractivity contribution in [1.82, 2.24) is 30.3 Å². The van der Waals surface area contributed by atoms with Gasteiger partial charge in [0.1, 0.15) is 6.33 Å². The van der Waals surface area contributed by atoms with Crippen molar-refractivity contribution < 1.29 is 0 Å². The standard InChI is InChI=1S/C23H26N6/c1-2-11-29(12-3-1)13-5-7-17-6-4-8-18(14-17)22-20-15-19(23-24-16-25-28-23)9-10-21(20)26-27-22/h4,6,8-10,14-16H,1-3,5,7,11-13H2,(H,26,27)(H,24,25,28). The number of aryl methyl sites for hydroxylation is 1. The van der Waals surface area contributed by atoms with Gasteiger partial charge < -0.3 is 4.90 Å². The highest BCUT2D eigenvalue weighted by Crippen LogP contribution is 2.30. The molecule has 3 heterocycles. The van der Waals surface area contributed by atoms with Crippen LogP contribution < -0.4 is 0 Å². The van der Waals surface area contributed by atoms with Gasteiger partial charge in [-0.15, -0.1) is 0 Å². The monoisotopic (exact) mass is 386 g/mol. The number of rotatable bonds is 6. The summed E-state index contributed by atoms with van der Waals surface area (Å²) < 4.78 is 0. The molecule has 0 amide bonds. The van der Waals surface area contributed by atoms with Gasteiger partial charge >= 0.3 is 0 Å². The maximum Gasteiger partial charge on any atom is 0.155 e. The largest absolute Gasteiger partial charge is 0.303 e. The average Bonchev–Trinajstić information content (AvgIpc) is 3.44. The van der Waals surface area contributed by atoms with Crippen molar-refractivity contribution in [2.75, 3.05) is 19.6 Å². The predicted octanol–water partition coefficient (Wildman–Crippen LogP) is 4.43. The average molecular weight is 387 g/mol. The number of benzene rings is 2. The van der Waals surface area contributed by atoms with Crippen LogP contribution >= 0.6 is 0 Å². The van der Waals surface area contributed by atoms with E-state index in [1.54, 1.807) is 0 Å². The maximum atomic E-state index is 4.60. The van der Waals surface area contributed by atoms with Crippen molar-refractivity contribution in [1.29, 1.82) is 0 Å². The first-order chi connectivity index (χ1) is 14.4. The lowest BCUT2D eigenvalue weighted by molar-refractivity contribution is 0.226. The van der Waals surface area contributed by atoms with Crippen LogP contribution in [0.1, 0.15) is 31.2 Å². The van der Waals surface area contributed by atoms with E-state index in [9.17, 15) is 0 Å². The fourth-order valence-electron chi connectivity index (χ4n) is 4.29. The number of H-pyrrole nitrogens is 2. The summed E-state index contributed by atoms with van der Waals surface area (Å²) in [4.78, 5) is 6.88. The van der Waals surface area contributed by atoms with Crippen molar-refractivity contribution in [3.8, 4) is 22.6 Å². The molecule has 1 aliphatic heterocycles. The molecule has 2 aromatic carbocycles. The van der Waals surface area contributed by atoms with E-state index < -0.39 is 0 Å². The number of hydrogen-bond acceptors (Lipinski definition) is 4. The van der Waals surface area contributed by atoms with Crippen LogP contribution in [0.2, 0.25) is 0 Å². The van der Waals surface area contributed by atoms with Crippen LogP contribution in [-0.4, -0.2) is 49.9 Å². The SMILES string of the molecule is c1cc(CCCN2CCCCC2)cc(-c2n[nH]c3ccc(-c4ncn[nH]4)cc23)c1. The summed E-state index contributed by atoms with van der Waals surface area (Å²) in [5.74, 6) is 0.769. The molecule has 29 heavy (non-hydrogen) atoms. The van der Waals surface area contributed by atoms with Gasteiger partial charge in [-0.05, 0) is 75.1 Å². The Morgan fingerprint density at radius 2 is 1.86 bits per heavy atom. The molecule has 0 saturated carbocycles. The summed E-state index contributed by atoms with van der Waals surface area (Å²) in [6.07, 6.45) is 7.96. The number of likely N-dealkylation sites (tertiary alicyclic amines) is 1. The Morgan fingerprint density at radius 3 is 2.72 bits per heavy atom. The van der Waals surface area contributed by atoms with Gasteiger partial charge in [-0.25, -0.2) is 4.98 Å². The molecule has 2 N–H and O–H groups in total. The van der Waals surface area contributed by atoms with Gasteiger partial charge in [0.15, 0.2) is 5.82 Å². The van der Waals surface area contributed by atoms with Crippen molar-refractivity contribution in [3.63, 3.8) is 0 Å². The molecule has 1 fully saturated rings. The van der Waals surface area contributed by atoms with Crippen molar-refractivity contribution in [2.24, 2.45) is 0 Å². The van der Waals surface area contributed by atoms with Crippen LogP contribution in [-0.2, 0) is 6.42 Å². The summed E-state index contributed by atoms with van der Waals surface area (Å²) in [5.41, 5.74) is 5.55. The smallest absolute Gasteiger partial charge is 0.155 e. The minimum atomic E-state index is 0.769. The maximum absolute atomic E-state index is 4.60. The molecule has 5 rings (SSSR count). The van der Waals surface area contributed by atoms with E-state index in [4.69, 9.17) is 0 Å². The zero-order valence-electron chi connectivity index (χ0n) is 16.6. The Balaban J connectivity index is 1.36. The lowest BCUT2D eigenvalue weighted by Gasteiger charge is -2.26. The number of nitrogens with one attached hydrogen (secondary N) is 2. The molecule has 148 valence electrons. The summed E-state index contributed by atoms with van der Waals surface area (Å²) in [7, 11) is 0. The molecule has 6 heteroatoms. The highest BCUT2D eigenvalue weighted by Gasteiger charge is 2.12. The molecule has 0 unspecified atom stereocenters. The molecule has 1 saturated heterocycles. The zero-order chi connectivity index (χ0) is 19.5. The van der Waals surface area contributed by atoms with Gasteiger partial charge in [-0.2, -0.15) is 10.2 Å². The highest BCUT2D eigenvalue weighted by molar-refractivity contribution is 5.95. The fraction of sp³-hybridized carbons (Fsp3) is 0.348. The van der Waals surface area contributed by atoms with E-state index in [2.05, 4.69) is 60.6 Å². The summed E-state index contributed by atoms with van der Waals surface area (Å²) in [6.45, 7) is 3.75. The molecule has 0 spiro atoms. The lowest BCUT2D eigenvalue weighted by Crippen LogP contribution is -2.30. The van der Waals surface area contributed by atoms with Crippen molar-refractivity contribution in [2.45, 2.75) is 32.1 Å². The first-order valence-electron chi connectivity index (χ1n) is 10.5. The third kappa shape index (κ3) is 3.93.